The number of methoxy groups -OCH3 is 1. The fourth-order valence-corrected chi connectivity index (χ4v) is 5.40. The van der Waals surface area contributed by atoms with Crippen molar-refractivity contribution in [2.24, 2.45) is 0 Å². The van der Waals surface area contributed by atoms with Crippen LogP contribution in [0, 0.1) is 29.1 Å². The minimum Gasteiger partial charge on any atom is -0.478 e. The van der Waals surface area contributed by atoms with Crippen molar-refractivity contribution in [3.63, 3.8) is 0 Å². The molecule has 0 bridgehead atoms. The maximum atomic E-state index is 12.8. The molecule has 0 spiro atoms. The Kier molecular flexibility index (Phi) is 15.1. The summed E-state index contributed by atoms with van der Waals surface area (Å²) in [6, 6.07) is 20.1. The van der Waals surface area contributed by atoms with Gasteiger partial charge in [-0.3, -0.25) is 9.59 Å². The zero-order chi connectivity index (χ0) is 45.2. The van der Waals surface area contributed by atoms with Gasteiger partial charge in [0.1, 0.15) is 29.1 Å². The number of fused-ring (bicyclic) bond motifs is 4. The number of ketones is 1. The number of anilines is 5. The van der Waals surface area contributed by atoms with Crippen LogP contribution in [0.25, 0.3) is 33.1 Å². The van der Waals surface area contributed by atoms with Crippen LogP contribution in [0.2, 0.25) is 15.5 Å². The van der Waals surface area contributed by atoms with Gasteiger partial charge in [-0.2, -0.15) is 0 Å². The van der Waals surface area contributed by atoms with Gasteiger partial charge >= 0.3 is 0 Å². The zero-order valence-electron chi connectivity index (χ0n) is 31.6. The summed E-state index contributed by atoms with van der Waals surface area (Å²) < 4.78 is 68.1. The SMILES string of the molecule is COc1nc2ccc(F)cc2nc1N.Fc1ccc2nc(Cl)c(Cl)nc2c1.Nc1ccc(F)cc1N.Nc1nc2cc(F)ccc2nc1Cl.O=C1Cc2cc(F)ccc2NC1=O. The third-order valence-corrected chi connectivity index (χ3v) is 8.84. The molecule has 0 fully saturated rings. The normalized spacial score (nSPS) is 11.4. The molecule has 0 saturated heterocycles. The number of hydrogen-bond acceptors (Lipinski definition) is 13. The van der Waals surface area contributed by atoms with Gasteiger partial charge in [-0.25, -0.2) is 51.9 Å². The van der Waals surface area contributed by atoms with Crippen molar-refractivity contribution in [2.45, 2.75) is 6.42 Å². The molecule has 9 rings (SSSR count). The van der Waals surface area contributed by atoms with Crippen LogP contribution in [0.1, 0.15) is 5.56 Å². The third kappa shape index (κ3) is 12.2. The van der Waals surface area contributed by atoms with E-state index >= 15 is 0 Å². The molecule has 0 unspecified atom stereocenters. The highest BCUT2D eigenvalue weighted by atomic mass is 35.5. The Labute approximate surface area is 362 Å². The van der Waals surface area contributed by atoms with Crippen LogP contribution in [-0.4, -0.2) is 48.7 Å². The fraction of sp³-hybridized carbons (Fsp3) is 0.0500. The Morgan fingerprint density at radius 2 is 0.952 bits per heavy atom. The van der Waals surface area contributed by atoms with E-state index in [0.717, 1.165) is 0 Å². The van der Waals surface area contributed by atoms with Crippen LogP contribution in [0.3, 0.4) is 0 Å². The smallest absolute Gasteiger partial charge is 0.292 e. The number of carbonyl (C=O) groups excluding carboxylic acids is 2. The van der Waals surface area contributed by atoms with Gasteiger partial charge in [-0.1, -0.05) is 34.8 Å². The Balaban J connectivity index is 0.000000147. The first kappa shape index (κ1) is 45.9. The summed E-state index contributed by atoms with van der Waals surface area (Å²) >= 11 is 16.9. The van der Waals surface area contributed by atoms with E-state index < -0.39 is 17.5 Å². The van der Waals surface area contributed by atoms with Crippen LogP contribution in [-0.2, 0) is 16.0 Å². The van der Waals surface area contributed by atoms with Gasteiger partial charge in [0.05, 0.1) is 51.6 Å². The van der Waals surface area contributed by atoms with E-state index in [9.17, 15) is 31.5 Å². The highest BCUT2D eigenvalue weighted by Gasteiger charge is 2.23. The number of Topliss-reactive ketones (excluding diaryl/α,β-unsaturated/α-hetero) is 1. The van der Waals surface area contributed by atoms with Gasteiger partial charge in [-0.05, 0) is 78.4 Å². The van der Waals surface area contributed by atoms with E-state index in [1.165, 1.54) is 98.1 Å². The molecule has 1 aliphatic heterocycles. The molecule has 1 aliphatic rings. The second kappa shape index (κ2) is 20.4. The number of nitrogens with two attached hydrogens (primary N) is 4. The summed E-state index contributed by atoms with van der Waals surface area (Å²) in [5.41, 5.74) is 26.1. The molecule has 22 heteroatoms. The number of ether oxygens (including phenoxy) is 1. The Morgan fingerprint density at radius 3 is 1.48 bits per heavy atom. The Morgan fingerprint density at radius 1 is 0.516 bits per heavy atom. The third-order valence-electron chi connectivity index (χ3n) is 7.93. The van der Waals surface area contributed by atoms with E-state index in [0.29, 0.717) is 50.0 Å². The lowest BCUT2D eigenvalue weighted by atomic mass is 10.0. The van der Waals surface area contributed by atoms with Gasteiger partial charge in [0, 0.05) is 30.3 Å². The molecule has 1 amide bonds. The Hall–Kier alpha value is -7.22. The summed E-state index contributed by atoms with van der Waals surface area (Å²) in [4.78, 5) is 45.4. The van der Waals surface area contributed by atoms with Gasteiger partial charge in [0.25, 0.3) is 11.8 Å². The lowest BCUT2D eigenvalue weighted by Gasteiger charge is -2.14. The van der Waals surface area contributed by atoms with Gasteiger partial charge < -0.3 is 33.0 Å². The molecule has 0 atom stereocenters. The molecule has 3 aromatic heterocycles. The van der Waals surface area contributed by atoms with Crippen molar-refractivity contribution in [2.75, 3.05) is 35.4 Å². The molecule has 0 saturated carbocycles. The molecule has 9 N–H and O–H groups in total. The van der Waals surface area contributed by atoms with E-state index in [-0.39, 0.29) is 68.4 Å². The summed E-state index contributed by atoms with van der Waals surface area (Å²) in [5.74, 6) is -2.50. The first-order chi connectivity index (χ1) is 29.4. The fourth-order valence-electron chi connectivity index (χ4n) is 5.00. The number of benzene rings is 5. The van der Waals surface area contributed by atoms with Crippen molar-refractivity contribution < 1.29 is 36.3 Å². The van der Waals surface area contributed by atoms with E-state index in [2.05, 4.69) is 35.2 Å². The molecule has 62 heavy (non-hydrogen) atoms. The van der Waals surface area contributed by atoms with Crippen molar-refractivity contribution in [3.05, 3.63) is 141 Å². The molecule has 0 radical (unpaired) electrons. The Bertz CT molecular complexity index is 2880. The number of rotatable bonds is 1. The predicted molar refractivity (Wildman–Crippen MR) is 228 cm³/mol. The average Bonchev–Trinajstić information content (AvgIpc) is 3.22. The zero-order valence-corrected chi connectivity index (χ0v) is 33.9. The first-order valence-corrected chi connectivity index (χ1v) is 18.4. The minimum absolute atomic E-state index is 0.0150. The highest BCUT2D eigenvalue weighted by Crippen LogP contribution is 2.24. The molecule has 14 nitrogen and oxygen atoms in total. The van der Waals surface area contributed by atoms with Gasteiger partial charge in [0.2, 0.25) is 5.78 Å². The van der Waals surface area contributed by atoms with Crippen molar-refractivity contribution in [3.8, 4) is 5.88 Å². The van der Waals surface area contributed by atoms with E-state index in [4.69, 9.17) is 62.5 Å². The molecule has 5 aromatic carbocycles. The largest absolute Gasteiger partial charge is 0.478 e. The lowest BCUT2D eigenvalue weighted by molar-refractivity contribution is -0.134. The van der Waals surface area contributed by atoms with Crippen molar-refractivity contribution in [1.29, 1.82) is 0 Å². The monoisotopic (exact) mass is 911 g/mol. The number of nitrogens with zero attached hydrogens (tertiary/aromatic N) is 6. The summed E-state index contributed by atoms with van der Waals surface area (Å²) in [5, 5.41) is 2.73. The maximum Gasteiger partial charge on any atom is 0.292 e. The summed E-state index contributed by atoms with van der Waals surface area (Å²) in [7, 11) is 1.45. The van der Waals surface area contributed by atoms with Crippen LogP contribution >= 0.6 is 34.8 Å². The highest BCUT2D eigenvalue weighted by molar-refractivity contribution is 6.42. The molecule has 8 aromatic rings. The second-order valence-electron chi connectivity index (χ2n) is 12.4. The van der Waals surface area contributed by atoms with Crippen LogP contribution in [0.4, 0.5) is 50.6 Å². The average molecular weight is 913 g/mol. The number of hydrogen-bond donors (Lipinski definition) is 5. The quantitative estimate of drug-likeness (QED) is 0.0592. The number of carbonyl (C=O) groups is 2. The number of halogens is 8. The molecule has 318 valence electrons. The topological polar surface area (TPSA) is 237 Å². The predicted octanol–water partition coefficient (Wildman–Crippen LogP) is 8.32. The van der Waals surface area contributed by atoms with E-state index in [1.54, 1.807) is 0 Å². The van der Waals surface area contributed by atoms with E-state index in [1.807, 2.05) is 0 Å². The molecule has 4 heterocycles. The van der Waals surface area contributed by atoms with Gasteiger partial charge in [0.15, 0.2) is 27.1 Å². The standard InChI is InChI=1S/C9H8FN3O.C9H6FNO2.C8H3Cl2FN2.C8H5ClFN3.C6H7FN2/c1-14-9-8(11)12-7-4-5(10)2-3-6(7)13-9;10-6-1-2-7-5(3-6)4-8(12)9(13)11-7;9-7-8(10)13-6-3-4(11)1-2-5(6)12-7;9-7-8(11)13-6-3-4(10)1-2-5(6)12-7;7-4-1-2-5(8)6(9)3-4/h2-4H,1H3,(H2,11,12);1-3H,4H2,(H,11,13);1-3H;1-3H,(H2,11,13);1-3H,8-9H2. The molecular weight excluding hydrogens is 884 g/mol. The second-order valence-corrected chi connectivity index (χ2v) is 13.4. The van der Waals surface area contributed by atoms with Crippen molar-refractivity contribution >= 4 is 108 Å². The number of nitrogen functional groups attached to an aromatic ring is 4. The molecule has 0 aliphatic carbocycles. The maximum absolute atomic E-state index is 12.8. The van der Waals surface area contributed by atoms with Crippen LogP contribution in [0.5, 0.6) is 5.88 Å². The van der Waals surface area contributed by atoms with Gasteiger partial charge in [-0.15, -0.1) is 0 Å². The molecular formula is C40H29Cl3F5N11O3. The lowest BCUT2D eigenvalue weighted by Crippen LogP contribution is -2.29. The summed E-state index contributed by atoms with van der Waals surface area (Å²) in [6.45, 7) is 0. The van der Waals surface area contributed by atoms with Crippen molar-refractivity contribution in [1.82, 2.24) is 29.9 Å². The number of aromatic nitrogens is 6. The summed E-state index contributed by atoms with van der Waals surface area (Å²) in [6.07, 6.45) is -0.0150. The number of amides is 1. The van der Waals surface area contributed by atoms with Crippen LogP contribution < -0.4 is 33.0 Å². The minimum atomic E-state index is -0.626. The number of nitrogens with one attached hydrogen (secondary N) is 1. The van der Waals surface area contributed by atoms with Crippen LogP contribution in [0.15, 0.2) is 91.0 Å². The first-order valence-electron chi connectivity index (χ1n) is 17.3.